The molecule has 0 radical (unpaired) electrons. The maximum absolute atomic E-state index is 4.24. The highest BCUT2D eigenvalue weighted by Crippen LogP contribution is 2.19. The number of hydrogen-bond donors (Lipinski definition) is 0. The van der Waals surface area contributed by atoms with E-state index in [1.165, 1.54) is 16.3 Å². The molecule has 0 aromatic heterocycles. The van der Waals surface area contributed by atoms with E-state index in [1.54, 1.807) is 0 Å². The standard InChI is InChI=1S/C15H16N2/c1-2-7-15-13(4-1)5-3-6-14(15)8-10-17-11-9-16-12-17/h1-7,12H,8-11H2. The minimum absolute atomic E-state index is 0.954. The number of benzene rings is 2. The maximum Gasteiger partial charge on any atom is 0.0851 e. The van der Waals surface area contributed by atoms with Gasteiger partial charge in [-0.3, -0.25) is 4.99 Å². The van der Waals surface area contributed by atoms with Gasteiger partial charge in [-0.05, 0) is 22.8 Å². The average Bonchev–Trinajstić information content (AvgIpc) is 2.89. The molecule has 2 heteroatoms. The molecule has 17 heavy (non-hydrogen) atoms. The highest BCUT2D eigenvalue weighted by atomic mass is 15.2. The summed E-state index contributed by atoms with van der Waals surface area (Å²) in [6.45, 7) is 3.10. The van der Waals surface area contributed by atoms with Crippen molar-refractivity contribution in [2.75, 3.05) is 19.6 Å². The summed E-state index contributed by atoms with van der Waals surface area (Å²) >= 11 is 0. The van der Waals surface area contributed by atoms with Crippen molar-refractivity contribution in [3.8, 4) is 0 Å². The van der Waals surface area contributed by atoms with E-state index < -0.39 is 0 Å². The smallest absolute Gasteiger partial charge is 0.0851 e. The Bertz CT molecular complexity index is 540. The first-order valence-corrected chi connectivity index (χ1v) is 6.14. The monoisotopic (exact) mass is 224 g/mol. The summed E-state index contributed by atoms with van der Waals surface area (Å²) in [4.78, 5) is 6.53. The van der Waals surface area contributed by atoms with E-state index in [2.05, 4.69) is 52.4 Å². The lowest BCUT2D eigenvalue weighted by Gasteiger charge is -2.14. The summed E-state index contributed by atoms with van der Waals surface area (Å²) in [6, 6.07) is 15.2. The van der Waals surface area contributed by atoms with Crippen molar-refractivity contribution in [3.63, 3.8) is 0 Å². The molecule has 2 nitrogen and oxygen atoms in total. The summed E-state index contributed by atoms with van der Waals surface area (Å²) in [5.41, 5.74) is 1.43. The van der Waals surface area contributed by atoms with Crippen molar-refractivity contribution in [2.24, 2.45) is 4.99 Å². The van der Waals surface area contributed by atoms with Crippen LogP contribution in [-0.4, -0.2) is 30.9 Å². The van der Waals surface area contributed by atoms with Gasteiger partial charge in [-0.15, -0.1) is 0 Å². The van der Waals surface area contributed by atoms with Gasteiger partial charge in [0.25, 0.3) is 0 Å². The van der Waals surface area contributed by atoms with Crippen LogP contribution in [0.2, 0.25) is 0 Å². The van der Waals surface area contributed by atoms with Crippen LogP contribution in [0.5, 0.6) is 0 Å². The first-order chi connectivity index (χ1) is 8.43. The van der Waals surface area contributed by atoms with Gasteiger partial charge in [0, 0.05) is 13.1 Å². The second-order valence-corrected chi connectivity index (χ2v) is 4.45. The predicted molar refractivity (Wildman–Crippen MR) is 72.6 cm³/mol. The third-order valence-corrected chi connectivity index (χ3v) is 3.31. The van der Waals surface area contributed by atoms with Crippen molar-refractivity contribution in [2.45, 2.75) is 6.42 Å². The van der Waals surface area contributed by atoms with Gasteiger partial charge in [-0.25, -0.2) is 0 Å². The van der Waals surface area contributed by atoms with E-state index in [-0.39, 0.29) is 0 Å². The van der Waals surface area contributed by atoms with E-state index in [1.807, 2.05) is 6.34 Å². The molecule has 1 aliphatic rings. The zero-order valence-corrected chi connectivity index (χ0v) is 9.84. The normalized spacial score (nSPS) is 14.7. The van der Waals surface area contributed by atoms with Crippen molar-refractivity contribution in [1.29, 1.82) is 0 Å². The molecule has 0 bridgehead atoms. The van der Waals surface area contributed by atoms with Crippen molar-refractivity contribution in [1.82, 2.24) is 4.90 Å². The lowest BCUT2D eigenvalue weighted by Crippen LogP contribution is -2.22. The van der Waals surface area contributed by atoms with Crippen LogP contribution in [0.25, 0.3) is 10.8 Å². The number of hydrogen-bond acceptors (Lipinski definition) is 2. The summed E-state index contributed by atoms with van der Waals surface area (Å²) in [5, 5.41) is 2.71. The topological polar surface area (TPSA) is 15.6 Å². The summed E-state index contributed by atoms with van der Waals surface area (Å²) < 4.78 is 0. The summed E-state index contributed by atoms with van der Waals surface area (Å²) in [7, 11) is 0. The van der Waals surface area contributed by atoms with Crippen molar-refractivity contribution in [3.05, 3.63) is 48.0 Å². The van der Waals surface area contributed by atoms with E-state index in [0.29, 0.717) is 0 Å². The fourth-order valence-electron chi connectivity index (χ4n) is 2.36. The Morgan fingerprint density at radius 3 is 2.82 bits per heavy atom. The van der Waals surface area contributed by atoms with E-state index in [4.69, 9.17) is 0 Å². The third-order valence-electron chi connectivity index (χ3n) is 3.31. The quantitative estimate of drug-likeness (QED) is 0.782. The Balaban J connectivity index is 1.82. The molecule has 0 saturated carbocycles. The van der Waals surface area contributed by atoms with Crippen molar-refractivity contribution < 1.29 is 0 Å². The van der Waals surface area contributed by atoms with E-state index in [9.17, 15) is 0 Å². The Kier molecular flexibility index (Phi) is 2.78. The molecule has 0 fully saturated rings. The van der Waals surface area contributed by atoms with Gasteiger partial charge in [-0.2, -0.15) is 0 Å². The zero-order chi connectivity index (χ0) is 11.5. The van der Waals surface area contributed by atoms with Crippen LogP contribution in [0, 0.1) is 0 Å². The second kappa shape index (κ2) is 4.58. The van der Waals surface area contributed by atoms with Crippen LogP contribution in [0.4, 0.5) is 0 Å². The van der Waals surface area contributed by atoms with Gasteiger partial charge >= 0.3 is 0 Å². The molecule has 1 heterocycles. The van der Waals surface area contributed by atoms with E-state index >= 15 is 0 Å². The number of aliphatic imine (C=N–C) groups is 1. The summed E-state index contributed by atoms with van der Waals surface area (Å²) in [5.74, 6) is 0. The highest BCUT2D eigenvalue weighted by Gasteiger charge is 2.06. The van der Waals surface area contributed by atoms with Crippen LogP contribution in [0.3, 0.4) is 0 Å². The fraction of sp³-hybridized carbons (Fsp3) is 0.267. The number of rotatable bonds is 3. The van der Waals surface area contributed by atoms with Crippen LogP contribution in [0.15, 0.2) is 47.5 Å². The van der Waals surface area contributed by atoms with Gasteiger partial charge in [0.15, 0.2) is 0 Å². The Hall–Kier alpha value is -1.83. The van der Waals surface area contributed by atoms with Crippen LogP contribution in [0.1, 0.15) is 5.56 Å². The highest BCUT2D eigenvalue weighted by molar-refractivity contribution is 5.85. The first kappa shape index (κ1) is 10.3. The van der Waals surface area contributed by atoms with Gasteiger partial charge in [0.2, 0.25) is 0 Å². The molecule has 0 aliphatic carbocycles. The van der Waals surface area contributed by atoms with Crippen LogP contribution in [-0.2, 0) is 6.42 Å². The predicted octanol–water partition coefficient (Wildman–Crippen LogP) is 2.73. The molecular weight excluding hydrogens is 208 g/mol. The molecule has 3 rings (SSSR count). The summed E-state index contributed by atoms with van der Waals surface area (Å²) in [6.07, 6.45) is 3.07. The van der Waals surface area contributed by atoms with Gasteiger partial charge in [0.1, 0.15) is 0 Å². The molecule has 2 aromatic carbocycles. The number of nitrogens with zero attached hydrogens (tertiary/aromatic N) is 2. The molecular formula is C15H16N2. The molecule has 0 N–H and O–H groups in total. The van der Waals surface area contributed by atoms with Crippen LogP contribution < -0.4 is 0 Å². The molecule has 2 aromatic rings. The van der Waals surface area contributed by atoms with Crippen LogP contribution >= 0.6 is 0 Å². The first-order valence-electron chi connectivity index (χ1n) is 6.14. The molecule has 0 unspecified atom stereocenters. The largest absolute Gasteiger partial charge is 0.361 e. The third kappa shape index (κ3) is 2.16. The Labute approximate surface area is 102 Å². The zero-order valence-electron chi connectivity index (χ0n) is 9.84. The molecule has 86 valence electrons. The van der Waals surface area contributed by atoms with Gasteiger partial charge in [-0.1, -0.05) is 42.5 Å². The van der Waals surface area contributed by atoms with E-state index in [0.717, 1.165) is 26.1 Å². The lowest BCUT2D eigenvalue weighted by atomic mass is 10.0. The van der Waals surface area contributed by atoms with Gasteiger partial charge < -0.3 is 4.90 Å². The Morgan fingerprint density at radius 1 is 1.06 bits per heavy atom. The molecule has 0 saturated heterocycles. The minimum Gasteiger partial charge on any atom is -0.361 e. The lowest BCUT2D eigenvalue weighted by molar-refractivity contribution is 0.472. The molecule has 0 atom stereocenters. The molecule has 0 amide bonds. The number of fused-ring (bicyclic) bond motifs is 1. The SMILES string of the molecule is C1=NCCN1CCc1cccc2ccccc12. The van der Waals surface area contributed by atoms with Crippen molar-refractivity contribution >= 4 is 17.1 Å². The minimum atomic E-state index is 0.954. The average molecular weight is 224 g/mol. The van der Waals surface area contributed by atoms with Gasteiger partial charge in [0.05, 0.1) is 12.9 Å². The molecule has 1 aliphatic heterocycles. The second-order valence-electron chi connectivity index (χ2n) is 4.45. The Morgan fingerprint density at radius 2 is 1.94 bits per heavy atom. The molecule has 0 spiro atoms. The maximum atomic E-state index is 4.24. The fourth-order valence-corrected chi connectivity index (χ4v) is 2.36.